The van der Waals surface area contributed by atoms with Gasteiger partial charge in [-0.1, -0.05) is 23.7 Å². The molecule has 0 unspecified atom stereocenters. The van der Waals surface area contributed by atoms with E-state index in [4.69, 9.17) is 16.0 Å². The first-order valence-electron chi connectivity index (χ1n) is 8.75. The van der Waals surface area contributed by atoms with Crippen LogP contribution in [0.2, 0.25) is 5.02 Å². The van der Waals surface area contributed by atoms with E-state index in [0.29, 0.717) is 30.2 Å². The minimum Gasteiger partial charge on any atom is -0.441 e. The van der Waals surface area contributed by atoms with Gasteiger partial charge in [-0.3, -0.25) is 4.79 Å². The molecule has 1 aromatic heterocycles. The topological polar surface area (TPSA) is 55.1 Å². The standard InChI is InChI=1S/C20H19ClN2O2S/c21-13-8-9-18-14(12-13)15(10-11-26-18)22-19(24)6-3-7-20-23-16-4-1-2-5-17(16)25-20/h1-2,4-5,8-9,12,15H,3,6-7,10-11H2,(H,22,24)/t15-/m1/s1. The fourth-order valence-electron chi connectivity index (χ4n) is 3.21. The van der Waals surface area contributed by atoms with E-state index < -0.39 is 0 Å². The molecule has 1 aliphatic heterocycles. The second kappa shape index (κ2) is 7.72. The molecule has 0 spiro atoms. The number of nitrogens with zero attached hydrogens (tertiary/aromatic N) is 1. The quantitative estimate of drug-likeness (QED) is 0.658. The number of halogens is 1. The van der Waals surface area contributed by atoms with Crippen molar-refractivity contribution in [1.82, 2.24) is 10.3 Å². The Labute approximate surface area is 161 Å². The lowest BCUT2D eigenvalue weighted by Gasteiger charge is -2.26. The van der Waals surface area contributed by atoms with Gasteiger partial charge in [-0.15, -0.1) is 11.8 Å². The van der Waals surface area contributed by atoms with Crippen molar-refractivity contribution in [3.8, 4) is 0 Å². The first kappa shape index (κ1) is 17.4. The van der Waals surface area contributed by atoms with Gasteiger partial charge in [-0.25, -0.2) is 4.98 Å². The Kier molecular flexibility index (Phi) is 5.18. The van der Waals surface area contributed by atoms with Crippen molar-refractivity contribution in [2.45, 2.75) is 36.6 Å². The van der Waals surface area contributed by atoms with Crippen LogP contribution in [0.5, 0.6) is 0 Å². The Morgan fingerprint density at radius 2 is 2.19 bits per heavy atom. The summed E-state index contributed by atoms with van der Waals surface area (Å²) in [5.41, 5.74) is 2.78. The van der Waals surface area contributed by atoms with Crippen LogP contribution < -0.4 is 5.32 Å². The molecule has 1 aliphatic rings. The number of thioether (sulfide) groups is 1. The number of amides is 1. The first-order valence-corrected chi connectivity index (χ1v) is 10.1. The average molecular weight is 387 g/mol. The SMILES string of the molecule is O=C(CCCc1nc2ccccc2o1)N[C@@H]1CCSc2ccc(Cl)cc21. The van der Waals surface area contributed by atoms with Gasteiger partial charge >= 0.3 is 0 Å². The number of rotatable bonds is 5. The normalized spacial score (nSPS) is 16.4. The number of benzene rings is 2. The van der Waals surface area contributed by atoms with E-state index in [2.05, 4.69) is 10.3 Å². The molecule has 0 fully saturated rings. The molecular formula is C20H19ClN2O2S. The summed E-state index contributed by atoms with van der Waals surface area (Å²) in [7, 11) is 0. The third-order valence-electron chi connectivity index (χ3n) is 4.48. The zero-order chi connectivity index (χ0) is 17.9. The summed E-state index contributed by atoms with van der Waals surface area (Å²) >= 11 is 7.94. The van der Waals surface area contributed by atoms with Gasteiger partial charge in [-0.05, 0) is 48.7 Å². The Balaban J connectivity index is 1.33. The Morgan fingerprint density at radius 1 is 1.31 bits per heavy atom. The fourth-order valence-corrected chi connectivity index (χ4v) is 4.49. The zero-order valence-corrected chi connectivity index (χ0v) is 15.8. The monoisotopic (exact) mass is 386 g/mol. The Bertz CT molecular complexity index is 907. The predicted octanol–water partition coefficient (Wildman–Crippen LogP) is 5.16. The van der Waals surface area contributed by atoms with E-state index in [1.54, 1.807) is 0 Å². The molecule has 4 rings (SSSR count). The number of para-hydroxylation sites is 2. The number of nitrogens with one attached hydrogen (secondary N) is 1. The summed E-state index contributed by atoms with van der Waals surface area (Å²) in [6.07, 6.45) is 2.75. The van der Waals surface area contributed by atoms with Crippen LogP contribution in [0.3, 0.4) is 0 Å². The molecule has 3 aromatic rings. The second-order valence-corrected chi connectivity index (χ2v) is 7.94. The van der Waals surface area contributed by atoms with Crippen LogP contribution in [0.25, 0.3) is 11.1 Å². The van der Waals surface area contributed by atoms with Gasteiger partial charge < -0.3 is 9.73 Å². The van der Waals surface area contributed by atoms with Gasteiger partial charge in [-0.2, -0.15) is 0 Å². The van der Waals surface area contributed by atoms with Crippen molar-refractivity contribution in [2.75, 3.05) is 5.75 Å². The predicted molar refractivity (Wildman–Crippen MR) is 105 cm³/mol. The van der Waals surface area contributed by atoms with Crippen molar-refractivity contribution in [1.29, 1.82) is 0 Å². The summed E-state index contributed by atoms with van der Waals surface area (Å²) in [6, 6.07) is 13.6. The molecule has 2 aromatic carbocycles. The minimum atomic E-state index is 0.0433. The number of aryl methyl sites for hydroxylation is 1. The lowest BCUT2D eigenvalue weighted by molar-refractivity contribution is -0.122. The molecule has 2 heterocycles. The number of fused-ring (bicyclic) bond motifs is 2. The van der Waals surface area contributed by atoms with Crippen LogP contribution in [0.4, 0.5) is 0 Å². The number of oxazole rings is 1. The molecule has 134 valence electrons. The van der Waals surface area contributed by atoms with Crippen molar-refractivity contribution >= 4 is 40.4 Å². The average Bonchev–Trinajstić information content (AvgIpc) is 3.05. The van der Waals surface area contributed by atoms with E-state index in [9.17, 15) is 4.79 Å². The van der Waals surface area contributed by atoms with Crippen LogP contribution in [0.1, 0.15) is 36.8 Å². The maximum Gasteiger partial charge on any atom is 0.220 e. The molecule has 1 N–H and O–H groups in total. The Morgan fingerprint density at radius 3 is 3.08 bits per heavy atom. The molecular weight excluding hydrogens is 368 g/mol. The molecule has 0 radical (unpaired) electrons. The smallest absolute Gasteiger partial charge is 0.220 e. The summed E-state index contributed by atoms with van der Waals surface area (Å²) < 4.78 is 5.70. The highest BCUT2D eigenvalue weighted by Crippen LogP contribution is 2.37. The lowest BCUT2D eigenvalue weighted by Crippen LogP contribution is -2.30. The largest absolute Gasteiger partial charge is 0.441 e. The fraction of sp³-hybridized carbons (Fsp3) is 0.300. The highest BCUT2D eigenvalue weighted by atomic mass is 35.5. The first-order chi connectivity index (χ1) is 12.7. The lowest BCUT2D eigenvalue weighted by atomic mass is 10.0. The van der Waals surface area contributed by atoms with Crippen LogP contribution in [0.15, 0.2) is 51.8 Å². The molecule has 6 heteroatoms. The number of aromatic nitrogens is 1. The van der Waals surface area contributed by atoms with Crippen molar-refractivity contribution < 1.29 is 9.21 Å². The van der Waals surface area contributed by atoms with Crippen molar-refractivity contribution in [3.05, 3.63) is 58.9 Å². The third kappa shape index (κ3) is 3.89. The van der Waals surface area contributed by atoms with Crippen LogP contribution >= 0.6 is 23.4 Å². The van der Waals surface area contributed by atoms with Gasteiger partial charge in [0, 0.05) is 28.5 Å². The van der Waals surface area contributed by atoms with Gasteiger partial charge in [0.05, 0.1) is 6.04 Å². The van der Waals surface area contributed by atoms with E-state index in [-0.39, 0.29) is 11.9 Å². The van der Waals surface area contributed by atoms with Gasteiger partial charge in [0.2, 0.25) is 5.91 Å². The summed E-state index contributed by atoms with van der Waals surface area (Å²) in [5.74, 6) is 1.75. The minimum absolute atomic E-state index is 0.0433. The number of hydrogen-bond acceptors (Lipinski definition) is 4. The van der Waals surface area contributed by atoms with E-state index in [1.807, 2.05) is 54.2 Å². The van der Waals surface area contributed by atoms with Crippen molar-refractivity contribution in [2.24, 2.45) is 0 Å². The number of carbonyl (C=O) groups is 1. The summed E-state index contributed by atoms with van der Waals surface area (Å²) in [6.45, 7) is 0. The van der Waals surface area contributed by atoms with Crippen molar-refractivity contribution in [3.63, 3.8) is 0 Å². The van der Waals surface area contributed by atoms with E-state index >= 15 is 0 Å². The molecule has 0 bridgehead atoms. The molecule has 0 saturated carbocycles. The molecule has 1 amide bonds. The third-order valence-corrected chi connectivity index (χ3v) is 5.84. The maximum atomic E-state index is 12.4. The molecule has 1 atom stereocenters. The molecule has 0 aliphatic carbocycles. The van der Waals surface area contributed by atoms with Crippen LogP contribution in [-0.4, -0.2) is 16.6 Å². The molecule has 0 saturated heterocycles. The highest BCUT2D eigenvalue weighted by molar-refractivity contribution is 7.99. The van der Waals surface area contributed by atoms with Gasteiger partial charge in [0.25, 0.3) is 0 Å². The van der Waals surface area contributed by atoms with E-state index in [1.165, 1.54) is 4.90 Å². The zero-order valence-electron chi connectivity index (χ0n) is 14.2. The van der Waals surface area contributed by atoms with Crippen LogP contribution in [-0.2, 0) is 11.2 Å². The highest BCUT2D eigenvalue weighted by Gasteiger charge is 2.22. The summed E-state index contributed by atoms with van der Waals surface area (Å²) in [5, 5.41) is 3.86. The van der Waals surface area contributed by atoms with Crippen LogP contribution in [0, 0.1) is 0 Å². The van der Waals surface area contributed by atoms with Gasteiger partial charge in [0.15, 0.2) is 11.5 Å². The second-order valence-electron chi connectivity index (χ2n) is 6.37. The maximum absolute atomic E-state index is 12.4. The number of hydrogen-bond donors (Lipinski definition) is 1. The Hall–Kier alpha value is -1.98. The summed E-state index contributed by atoms with van der Waals surface area (Å²) in [4.78, 5) is 18.0. The molecule has 26 heavy (non-hydrogen) atoms. The van der Waals surface area contributed by atoms with Gasteiger partial charge in [0.1, 0.15) is 5.52 Å². The number of carbonyl (C=O) groups excluding carboxylic acids is 1. The van der Waals surface area contributed by atoms with E-state index in [0.717, 1.165) is 28.8 Å². The molecule has 4 nitrogen and oxygen atoms in total.